The third kappa shape index (κ3) is 1.71. The molecular formula is C13H20O2. The van der Waals surface area contributed by atoms with Gasteiger partial charge in [-0.05, 0) is 17.9 Å². The van der Waals surface area contributed by atoms with Gasteiger partial charge in [0.1, 0.15) is 11.5 Å². The van der Waals surface area contributed by atoms with Gasteiger partial charge < -0.3 is 9.52 Å². The average Bonchev–Trinajstić information content (AvgIpc) is 2.56. The molecule has 0 spiro atoms. The van der Waals surface area contributed by atoms with E-state index in [1.165, 1.54) is 0 Å². The van der Waals surface area contributed by atoms with Crippen LogP contribution in [0.1, 0.15) is 63.2 Å². The molecule has 1 atom stereocenters. The molecule has 1 aromatic rings. The smallest absolute Gasteiger partial charge is 0.110 e. The van der Waals surface area contributed by atoms with Crippen LogP contribution in [0.3, 0.4) is 0 Å². The predicted octanol–water partition coefficient (Wildman–Crippen LogP) is 3.41. The molecule has 2 rings (SSSR count). The van der Waals surface area contributed by atoms with Crippen molar-refractivity contribution in [3.63, 3.8) is 0 Å². The van der Waals surface area contributed by atoms with Crippen LogP contribution in [-0.4, -0.2) is 5.11 Å². The van der Waals surface area contributed by atoms with E-state index in [-0.39, 0.29) is 11.5 Å². The minimum atomic E-state index is -0.377. The number of rotatable bonds is 1. The summed E-state index contributed by atoms with van der Waals surface area (Å²) in [6.07, 6.45) is 1.57. The highest BCUT2D eigenvalue weighted by Crippen LogP contribution is 2.45. The standard InChI is InChI=1S/C13H20O2/c1-8(2)11-7-9-10(15-11)5-6-13(3,4)12(9)14/h7-8,12,14H,5-6H2,1-4H3. The second-order valence-electron chi connectivity index (χ2n) is 5.57. The van der Waals surface area contributed by atoms with Gasteiger partial charge in [0.05, 0.1) is 6.10 Å². The molecule has 0 aliphatic heterocycles. The van der Waals surface area contributed by atoms with E-state index in [9.17, 15) is 5.11 Å². The molecular weight excluding hydrogens is 188 g/mol. The Hall–Kier alpha value is -0.760. The number of aliphatic hydroxyl groups is 1. The maximum absolute atomic E-state index is 10.2. The van der Waals surface area contributed by atoms with Crippen LogP contribution < -0.4 is 0 Å². The summed E-state index contributed by atoms with van der Waals surface area (Å²) < 4.78 is 5.77. The van der Waals surface area contributed by atoms with Crippen molar-refractivity contribution in [2.24, 2.45) is 5.41 Å². The largest absolute Gasteiger partial charge is 0.465 e. The molecule has 15 heavy (non-hydrogen) atoms. The van der Waals surface area contributed by atoms with Crippen LogP contribution in [-0.2, 0) is 6.42 Å². The van der Waals surface area contributed by atoms with Gasteiger partial charge in [-0.2, -0.15) is 0 Å². The van der Waals surface area contributed by atoms with Crippen LogP contribution in [0.2, 0.25) is 0 Å². The molecule has 2 nitrogen and oxygen atoms in total. The Bertz CT molecular complexity index is 361. The van der Waals surface area contributed by atoms with Crippen molar-refractivity contribution in [3.05, 3.63) is 23.2 Å². The maximum Gasteiger partial charge on any atom is 0.110 e. The molecule has 1 aliphatic carbocycles. The van der Waals surface area contributed by atoms with Crippen molar-refractivity contribution in [1.29, 1.82) is 0 Å². The van der Waals surface area contributed by atoms with Gasteiger partial charge in [0, 0.05) is 17.9 Å². The molecule has 84 valence electrons. The lowest BCUT2D eigenvalue weighted by Gasteiger charge is -2.34. The molecule has 1 heterocycles. The Morgan fingerprint density at radius 1 is 1.47 bits per heavy atom. The van der Waals surface area contributed by atoms with E-state index >= 15 is 0 Å². The van der Waals surface area contributed by atoms with Crippen molar-refractivity contribution in [1.82, 2.24) is 0 Å². The summed E-state index contributed by atoms with van der Waals surface area (Å²) in [6, 6.07) is 2.03. The Balaban J connectivity index is 2.40. The van der Waals surface area contributed by atoms with Crippen LogP contribution in [0.4, 0.5) is 0 Å². The second-order valence-corrected chi connectivity index (χ2v) is 5.57. The molecule has 0 aromatic carbocycles. The molecule has 1 N–H and O–H groups in total. The van der Waals surface area contributed by atoms with E-state index in [2.05, 4.69) is 27.7 Å². The topological polar surface area (TPSA) is 33.4 Å². The highest BCUT2D eigenvalue weighted by Gasteiger charge is 2.36. The van der Waals surface area contributed by atoms with Gasteiger partial charge in [-0.15, -0.1) is 0 Å². The zero-order valence-electron chi connectivity index (χ0n) is 10.0. The van der Waals surface area contributed by atoms with Crippen LogP contribution in [0.25, 0.3) is 0 Å². The van der Waals surface area contributed by atoms with Crippen molar-refractivity contribution in [2.45, 2.75) is 52.6 Å². The van der Waals surface area contributed by atoms with Gasteiger partial charge in [0.15, 0.2) is 0 Å². The highest BCUT2D eigenvalue weighted by molar-refractivity contribution is 5.29. The predicted molar refractivity (Wildman–Crippen MR) is 59.9 cm³/mol. The summed E-state index contributed by atoms with van der Waals surface area (Å²) in [5.74, 6) is 2.38. The summed E-state index contributed by atoms with van der Waals surface area (Å²) >= 11 is 0. The van der Waals surface area contributed by atoms with E-state index in [4.69, 9.17) is 4.42 Å². The van der Waals surface area contributed by atoms with Gasteiger partial charge in [-0.25, -0.2) is 0 Å². The lowest BCUT2D eigenvalue weighted by molar-refractivity contribution is 0.0307. The van der Waals surface area contributed by atoms with Crippen LogP contribution in [0.5, 0.6) is 0 Å². The highest BCUT2D eigenvalue weighted by atomic mass is 16.3. The van der Waals surface area contributed by atoms with Gasteiger partial charge >= 0.3 is 0 Å². The van der Waals surface area contributed by atoms with Crippen LogP contribution in [0, 0.1) is 5.41 Å². The van der Waals surface area contributed by atoms with Crippen molar-refractivity contribution in [2.75, 3.05) is 0 Å². The maximum atomic E-state index is 10.2. The number of fused-ring (bicyclic) bond motifs is 1. The zero-order chi connectivity index (χ0) is 11.2. The number of hydrogen-bond acceptors (Lipinski definition) is 2. The minimum absolute atomic E-state index is 0.0227. The Morgan fingerprint density at radius 3 is 2.73 bits per heavy atom. The fourth-order valence-electron chi connectivity index (χ4n) is 2.17. The van der Waals surface area contributed by atoms with Crippen molar-refractivity contribution < 1.29 is 9.52 Å². The van der Waals surface area contributed by atoms with Gasteiger partial charge in [-0.3, -0.25) is 0 Å². The molecule has 1 aliphatic rings. The fourth-order valence-corrected chi connectivity index (χ4v) is 2.17. The van der Waals surface area contributed by atoms with E-state index < -0.39 is 0 Å². The Kier molecular flexibility index (Phi) is 2.42. The molecule has 1 aromatic heterocycles. The zero-order valence-corrected chi connectivity index (χ0v) is 10.0. The molecule has 0 amide bonds. The normalized spacial score (nSPS) is 24.3. The first-order valence-electron chi connectivity index (χ1n) is 5.72. The third-order valence-electron chi connectivity index (χ3n) is 3.46. The molecule has 0 fully saturated rings. The average molecular weight is 208 g/mol. The van der Waals surface area contributed by atoms with Crippen LogP contribution in [0.15, 0.2) is 10.5 Å². The monoisotopic (exact) mass is 208 g/mol. The summed E-state index contributed by atoms with van der Waals surface area (Å²) in [4.78, 5) is 0. The molecule has 0 radical (unpaired) electrons. The first kappa shape index (κ1) is 10.7. The number of aliphatic hydroxyl groups excluding tert-OH is 1. The SMILES string of the molecule is CC(C)c1cc2c(o1)CCC(C)(C)C2O. The molecule has 2 heteroatoms. The summed E-state index contributed by atoms with van der Waals surface area (Å²) in [6.45, 7) is 8.45. The van der Waals surface area contributed by atoms with E-state index in [0.717, 1.165) is 29.9 Å². The Morgan fingerprint density at radius 2 is 2.13 bits per heavy atom. The summed E-state index contributed by atoms with van der Waals surface area (Å²) in [5.41, 5.74) is 0.987. The van der Waals surface area contributed by atoms with Crippen LogP contribution >= 0.6 is 0 Å². The number of furan rings is 1. The molecule has 0 saturated carbocycles. The van der Waals surface area contributed by atoms with Crippen molar-refractivity contribution >= 4 is 0 Å². The molecule has 0 bridgehead atoms. The van der Waals surface area contributed by atoms with E-state index in [1.54, 1.807) is 0 Å². The van der Waals surface area contributed by atoms with E-state index in [1.807, 2.05) is 6.07 Å². The molecule has 1 unspecified atom stereocenters. The lowest BCUT2D eigenvalue weighted by atomic mass is 9.74. The Labute approximate surface area is 91.3 Å². The van der Waals surface area contributed by atoms with Gasteiger partial charge in [0.2, 0.25) is 0 Å². The lowest BCUT2D eigenvalue weighted by Crippen LogP contribution is -2.27. The summed E-state index contributed by atoms with van der Waals surface area (Å²) in [7, 11) is 0. The number of aryl methyl sites for hydroxylation is 1. The van der Waals surface area contributed by atoms with Gasteiger partial charge in [-0.1, -0.05) is 27.7 Å². The second kappa shape index (κ2) is 3.38. The van der Waals surface area contributed by atoms with E-state index in [0.29, 0.717) is 5.92 Å². The first-order valence-corrected chi connectivity index (χ1v) is 5.72. The fraction of sp³-hybridized carbons (Fsp3) is 0.692. The molecule has 0 saturated heterocycles. The van der Waals surface area contributed by atoms with Crippen molar-refractivity contribution in [3.8, 4) is 0 Å². The first-order chi connectivity index (χ1) is 6.92. The number of hydrogen-bond donors (Lipinski definition) is 1. The minimum Gasteiger partial charge on any atom is -0.465 e. The van der Waals surface area contributed by atoms with Gasteiger partial charge in [0.25, 0.3) is 0 Å². The summed E-state index contributed by atoms with van der Waals surface area (Å²) in [5, 5.41) is 10.2. The quantitative estimate of drug-likeness (QED) is 0.767. The third-order valence-corrected chi connectivity index (χ3v) is 3.46.